The molecule has 0 aliphatic rings. The number of aliphatic hydroxyl groups is 1. The first kappa shape index (κ1) is 17.2. The Morgan fingerprint density at radius 3 is 2.32 bits per heavy atom. The Kier molecular flexibility index (Phi) is 6.66. The molecule has 0 aromatic heterocycles. The van der Waals surface area contributed by atoms with E-state index >= 15 is 0 Å². The molecule has 118 valence electrons. The molecule has 3 atom stereocenters. The van der Waals surface area contributed by atoms with Gasteiger partial charge >= 0.3 is 139 Å². The third kappa shape index (κ3) is 4.21. The molecule has 0 saturated heterocycles. The first-order valence-electron chi connectivity index (χ1n) is 7.68. The van der Waals surface area contributed by atoms with Crippen molar-refractivity contribution in [1.29, 1.82) is 0 Å². The monoisotopic (exact) mass is 364 g/mol. The molecular weight excluding hydrogens is 339 g/mol. The van der Waals surface area contributed by atoms with Crippen molar-refractivity contribution in [3.05, 3.63) is 65.7 Å². The van der Waals surface area contributed by atoms with Crippen LogP contribution in [0.1, 0.15) is 43.6 Å². The van der Waals surface area contributed by atoms with Gasteiger partial charge in [-0.1, -0.05) is 0 Å². The maximum absolute atomic E-state index is 10.2. The summed E-state index contributed by atoms with van der Waals surface area (Å²) in [4.78, 5) is 0.394. The van der Waals surface area contributed by atoms with Crippen LogP contribution < -0.4 is 4.46 Å². The van der Waals surface area contributed by atoms with Crippen LogP contribution in [0.2, 0.25) is 4.82 Å². The molecule has 2 aromatic carbocycles. The molecule has 0 aliphatic heterocycles. The number of hydrogen-bond acceptors (Lipinski definition) is 2. The molecule has 22 heavy (non-hydrogen) atoms. The van der Waals surface area contributed by atoms with Gasteiger partial charge in [-0.15, -0.1) is 0 Å². The number of methoxy groups -OCH3 is 1. The van der Waals surface area contributed by atoms with Gasteiger partial charge in [-0.3, -0.25) is 0 Å². The molecular formula is C19H24O2Se. The second-order valence-electron chi connectivity index (χ2n) is 5.35. The van der Waals surface area contributed by atoms with E-state index in [1.165, 1.54) is 10.0 Å². The molecule has 0 unspecified atom stereocenters. The molecule has 0 bridgehead atoms. The molecule has 0 saturated carbocycles. The van der Waals surface area contributed by atoms with Gasteiger partial charge in [-0.05, 0) is 0 Å². The molecule has 0 amide bonds. The van der Waals surface area contributed by atoms with E-state index in [4.69, 9.17) is 4.74 Å². The minimum atomic E-state index is -0.372. The zero-order chi connectivity index (χ0) is 15.9. The van der Waals surface area contributed by atoms with Crippen LogP contribution in [-0.2, 0) is 4.74 Å². The molecule has 0 fully saturated rings. The normalized spacial score (nSPS) is 15.3. The number of benzene rings is 2. The van der Waals surface area contributed by atoms with Crippen LogP contribution >= 0.6 is 0 Å². The Morgan fingerprint density at radius 2 is 1.68 bits per heavy atom. The Labute approximate surface area is 139 Å². The number of hydrogen-bond donors (Lipinski definition) is 1. The fourth-order valence-corrected chi connectivity index (χ4v) is 5.29. The SMILES string of the molecule is CC[C@H](O)c1ccccc1[Se][C@H](C)[C@@H](OC)c1ccccc1. The van der Waals surface area contributed by atoms with Gasteiger partial charge in [0.2, 0.25) is 0 Å². The molecule has 1 N–H and O–H groups in total. The van der Waals surface area contributed by atoms with Gasteiger partial charge in [0.25, 0.3) is 0 Å². The van der Waals surface area contributed by atoms with Crippen LogP contribution in [-0.4, -0.2) is 27.2 Å². The summed E-state index contributed by atoms with van der Waals surface area (Å²) in [7, 11) is 1.77. The molecule has 2 aromatic rings. The van der Waals surface area contributed by atoms with Gasteiger partial charge in [0.15, 0.2) is 0 Å². The predicted molar refractivity (Wildman–Crippen MR) is 92.7 cm³/mol. The van der Waals surface area contributed by atoms with Crippen LogP contribution in [0.3, 0.4) is 0 Å². The molecule has 0 spiro atoms. The molecule has 3 heteroatoms. The predicted octanol–water partition coefficient (Wildman–Crippen LogP) is 3.66. The summed E-state index contributed by atoms with van der Waals surface area (Å²) in [6.07, 6.45) is 0.462. The Bertz CT molecular complexity index is 571. The van der Waals surface area contributed by atoms with Crippen molar-refractivity contribution >= 4 is 19.4 Å². The minimum absolute atomic E-state index is 0.0908. The second kappa shape index (κ2) is 8.50. The summed E-state index contributed by atoms with van der Waals surface area (Å²) in [6, 6.07) is 18.6. The van der Waals surface area contributed by atoms with Gasteiger partial charge in [-0.25, -0.2) is 0 Å². The van der Waals surface area contributed by atoms with E-state index in [-0.39, 0.29) is 27.2 Å². The Balaban J connectivity index is 2.19. The molecule has 0 radical (unpaired) electrons. The summed E-state index contributed by atoms with van der Waals surface area (Å²) in [6.45, 7) is 4.25. The fraction of sp³-hybridized carbons (Fsp3) is 0.368. The van der Waals surface area contributed by atoms with Crippen molar-refractivity contribution in [3.8, 4) is 0 Å². The quantitative estimate of drug-likeness (QED) is 0.761. The summed E-state index contributed by atoms with van der Waals surface area (Å²) < 4.78 is 7.02. The van der Waals surface area contributed by atoms with Crippen molar-refractivity contribution < 1.29 is 9.84 Å². The second-order valence-corrected chi connectivity index (χ2v) is 8.33. The van der Waals surface area contributed by atoms with E-state index in [1.807, 2.05) is 25.1 Å². The number of rotatable bonds is 7. The van der Waals surface area contributed by atoms with Crippen LogP contribution in [0, 0.1) is 0 Å². The average Bonchev–Trinajstić information content (AvgIpc) is 2.56. The van der Waals surface area contributed by atoms with Crippen molar-refractivity contribution in [2.75, 3.05) is 7.11 Å². The van der Waals surface area contributed by atoms with E-state index < -0.39 is 0 Å². The number of aliphatic hydroxyl groups excluding tert-OH is 1. The zero-order valence-electron chi connectivity index (χ0n) is 13.4. The van der Waals surface area contributed by atoms with E-state index in [1.54, 1.807) is 7.11 Å². The summed E-state index contributed by atoms with van der Waals surface area (Å²) in [5.41, 5.74) is 2.28. The van der Waals surface area contributed by atoms with Gasteiger partial charge in [0.05, 0.1) is 0 Å². The third-order valence-corrected chi connectivity index (χ3v) is 6.40. The molecule has 0 aliphatic carbocycles. The summed E-state index contributed by atoms with van der Waals surface area (Å²) >= 11 is 0.239. The van der Waals surface area contributed by atoms with Gasteiger partial charge in [0, 0.05) is 0 Å². The van der Waals surface area contributed by atoms with E-state index in [0.717, 1.165) is 12.0 Å². The number of ether oxygens (including phenoxy) is 1. The van der Waals surface area contributed by atoms with E-state index in [9.17, 15) is 5.11 Å². The van der Waals surface area contributed by atoms with Crippen molar-refractivity contribution in [2.24, 2.45) is 0 Å². The first-order valence-corrected chi connectivity index (χ1v) is 9.53. The van der Waals surface area contributed by atoms with Crippen molar-refractivity contribution in [1.82, 2.24) is 0 Å². The summed E-state index contributed by atoms with van der Waals surface area (Å²) in [5.74, 6) is 0. The van der Waals surface area contributed by atoms with Crippen molar-refractivity contribution in [3.63, 3.8) is 0 Å². The van der Waals surface area contributed by atoms with Crippen LogP contribution in [0.4, 0.5) is 0 Å². The Hall–Kier alpha value is -1.12. The van der Waals surface area contributed by atoms with E-state index in [0.29, 0.717) is 4.82 Å². The average molecular weight is 363 g/mol. The topological polar surface area (TPSA) is 29.5 Å². The molecule has 0 heterocycles. The van der Waals surface area contributed by atoms with Gasteiger partial charge in [-0.2, -0.15) is 0 Å². The third-order valence-electron chi connectivity index (χ3n) is 3.79. The van der Waals surface area contributed by atoms with Crippen LogP contribution in [0.15, 0.2) is 54.6 Å². The van der Waals surface area contributed by atoms with Crippen LogP contribution in [0.5, 0.6) is 0 Å². The Morgan fingerprint density at radius 1 is 1.05 bits per heavy atom. The van der Waals surface area contributed by atoms with E-state index in [2.05, 4.69) is 43.3 Å². The maximum atomic E-state index is 10.2. The van der Waals surface area contributed by atoms with Crippen LogP contribution in [0.25, 0.3) is 0 Å². The molecule has 2 rings (SSSR count). The van der Waals surface area contributed by atoms with Gasteiger partial charge < -0.3 is 0 Å². The summed E-state index contributed by atoms with van der Waals surface area (Å²) in [5, 5.41) is 10.2. The molecule has 2 nitrogen and oxygen atoms in total. The standard InChI is InChI=1S/C19H24O2Se/c1-4-17(20)16-12-8-9-13-18(16)22-14(2)19(21-3)15-10-6-5-7-11-15/h5-14,17,19-20H,4H2,1-3H3/t14-,17+,19-/m1/s1. The van der Waals surface area contributed by atoms with Gasteiger partial charge in [0.1, 0.15) is 0 Å². The fourth-order valence-electron chi connectivity index (χ4n) is 2.59. The zero-order valence-corrected chi connectivity index (χ0v) is 15.1. The first-order chi connectivity index (χ1) is 10.7. The van der Waals surface area contributed by atoms with Crippen molar-refractivity contribution in [2.45, 2.75) is 37.3 Å².